The Morgan fingerprint density at radius 2 is 2.11 bits per heavy atom. The third-order valence-corrected chi connectivity index (χ3v) is 3.94. The number of carboxylic acids is 1. The van der Waals surface area contributed by atoms with Crippen LogP contribution in [0.2, 0.25) is 0 Å². The van der Waals surface area contributed by atoms with Gasteiger partial charge in [-0.3, -0.25) is 14.3 Å². The van der Waals surface area contributed by atoms with Crippen molar-refractivity contribution in [3.8, 4) is 0 Å². The van der Waals surface area contributed by atoms with E-state index in [4.69, 9.17) is 5.11 Å². The molecular weight excluding hydrogens is 250 g/mol. The molecule has 1 heterocycles. The number of aromatic carboxylic acids is 1. The molecule has 0 unspecified atom stereocenters. The van der Waals surface area contributed by atoms with Crippen LogP contribution < -0.4 is 11.2 Å². The van der Waals surface area contributed by atoms with Crippen LogP contribution in [0.1, 0.15) is 29.6 Å². The number of hydrogen-bond acceptors (Lipinski definition) is 4. The Labute approximate surface area is 109 Å². The zero-order valence-electron chi connectivity index (χ0n) is 11.0. The van der Waals surface area contributed by atoms with Crippen LogP contribution in [0, 0.1) is 0 Å². The lowest BCUT2D eigenvalue weighted by atomic mass is 9.75. The molecule has 0 radical (unpaired) electrons. The molecule has 1 aromatic heterocycles. The molecule has 7 heteroatoms. The van der Waals surface area contributed by atoms with Gasteiger partial charge in [-0.05, 0) is 33.4 Å². The number of aromatic amines is 1. The minimum absolute atomic E-state index is 0.127. The van der Waals surface area contributed by atoms with Gasteiger partial charge in [-0.15, -0.1) is 0 Å². The first-order valence-electron chi connectivity index (χ1n) is 6.10. The quantitative estimate of drug-likeness (QED) is 0.782. The first-order valence-corrected chi connectivity index (χ1v) is 6.10. The van der Waals surface area contributed by atoms with E-state index < -0.39 is 22.8 Å². The molecule has 0 bridgehead atoms. The Morgan fingerprint density at radius 3 is 2.53 bits per heavy atom. The van der Waals surface area contributed by atoms with Crippen molar-refractivity contribution in [1.29, 1.82) is 0 Å². The van der Waals surface area contributed by atoms with Crippen LogP contribution in [-0.2, 0) is 6.54 Å². The highest BCUT2D eigenvalue weighted by molar-refractivity contribution is 5.86. The number of carbonyl (C=O) groups is 1. The number of nitrogens with one attached hydrogen (secondary N) is 1. The number of rotatable bonds is 4. The van der Waals surface area contributed by atoms with Crippen LogP contribution in [0.25, 0.3) is 0 Å². The summed E-state index contributed by atoms with van der Waals surface area (Å²) < 4.78 is 1.28. The second-order valence-electron chi connectivity index (χ2n) is 5.21. The molecule has 19 heavy (non-hydrogen) atoms. The molecule has 0 saturated heterocycles. The molecule has 104 valence electrons. The Bertz CT molecular complexity index is 610. The van der Waals surface area contributed by atoms with Crippen molar-refractivity contribution in [3.63, 3.8) is 0 Å². The molecule has 2 rings (SSSR count). The van der Waals surface area contributed by atoms with Gasteiger partial charge in [0.2, 0.25) is 0 Å². The van der Waals surface area contributed by atoms with Gasteiger partial charge in [-0.1, -0.05) is 0 Å². The van der Waals surface area contributed by atoms with E-state index in [9.17, 15) is 14.4 Å². The second kappa shape index (κ2) is 4.65. The zero-order valence-corrected chi connectivity index (χ0v) is 11.0. The lowest BCUT2D eigenvalue weighted by molar-refractivity contribution is 0.0407. The molecule has 0 atom stereocenters. The number of nitrogens with zero attached hydrogens (tertiary/aromatic N) is 2. The van der Waals surface area contributed by atoms with Crippen LogP contribution in [-0.4, -0.2) is 45.2 Å². The Hall–Kier alpha value is -1.89. The second-order valence-corrected chi connectivity index (χ2v) is 5.21. The smallest absolute Gasteiger partial charge is 0.342 e. The predicted molar refractivity (Wildman–Crippen MR) is 68.6 cm³/mol. The molecule has 1 aliphatic carbocycles. The van der Waals surface area contributed by atoms with E-state index in [1.54, 1.807) is 0 Å². The molecule has 7 nitrogen and oxygen atoms in total. The molecule has 0 aromatic carbocycles. The molecule has 1 aliphatic rings. The number of hydrogen-bond donors (Lipinski definition) is 2. The summed E-state index contributed by atoms with van der Waals surface area (Å²) in [5, 5.41) is 8.91. The molecule has 1 saturated carbocycles. The van der Waals surface area contributed by atoms with Gasteiger partial charge < -0.3 is 10.0 Å². The van der Waals surface area contributed by atoms with E-state index in [1.165, 1.54) is 4.57 Å². The van der Waals surface area contributed by atoms with Crippen LogP contribution >= 0.6 is 0 Å². The van der Waals surface area contributed by atoms with E-state index in [0.717, 1.165) is 25.5 Å². The highest BCUT2D eigenvalue weighted by atomic mass is 16.4. The van der Waals surface area contributed by atoms with Crippen LogP contribution in [0.4, 0.5) is 0 Å². The Kier molecular flexibility index (Phi) is 3.32. The molecular formula is C12H17N3O4. The van der Waals surface area contributed by atoms with Crippen molar-refractivity contribution in [2.75, 3.05) is 14.1 Å². The minimum atomic E-state index is -1.33. The third kappa shape index (κ3) is 2.33. The maximum atomic E-state index is 11.8. The monoisotopic (exact) mass is 267 g/mol. The van der Waals surface area contributed by atoms with Crippen molar-refractivity contribution in [3.05, 3.63) is 32.6 Å². The summed E-state index contributed by atoms with van der Waals surface area (Å²) in [4.78, 5) is 38.1. The predicted octanol–water partition coefficient (Wildman–Crippen LogP) is -0.281. The van der Waals surface area contributed by atoms with Crippen molar-refractivity contribution in [1.82, 2.24) is 14.5 Å². The maximum Gasteiger partial charge on any atom is 0.342 e. The van der Waals surface area contributed by atoms with E-state index in [0.29, 0.717) is 6.54 Å². The fraction of sp³-hybridized carbons (Fsp3) is 0.583. The fourth-order valence-electron chi connectivity index (χ4n) is 2.43. The van der Waals surface area contributed by atoms with Crippen LogP contribution in [0.15, 0.2) is 15.8 Å². The molecule has 1 aromatic rings. The normalized spacial score (nSPS) is 17.2. The topological polar surface area (TPSA) is 95.4 Å². The van der Waals surface area contributed by atoms with Crippen molar-refractivity contribution in [2.45, 2.75) is 31.3 Å². The maximum absolute atomic E-state index is 11.8. The summed E-state index contributed by atoms with van der Waals surface area (Å²) in [6.07, 6.45) is 4.12. The van der Waals surface area contributed by atoms with E-state index in [1.807, 2.05) is 14.1 Å². The molecule has 1 fully saturated rings. The van der Waals surface area contributed by atoms with Gasteiger partial charge in [0.1, 0.15) is 5.56 Å². The summed E-state index contributed by atoms with van der Waals surface area (Å²) >= 11 is 0. The van der Waals surface area contributed by atoms with Crippen molar-refractivity contribution >= 4 is 5.97 Å². The summed E-state index contributed by atoms with van der Waals surface area (Å²) in [7, 11) is 3.88. The van der Waals surface area contributed by atoms with Crippen molar-refractivity contribution in [2.24, 2.45) is 0 Å². The average molecular weight is 267 g/mol. The summed E-state index contributed by atoms with van der Waals surface area (Å²) in [5.74, 6) is -1.33. The SMILES string of the molecule is CN(C)C1(Cn2cc(C(=O)O)c(=O)[nH]c2=O)CCC1. The summed E-state index contributed by atoms with van der Waals surface area (Å²) in [6, 6.07) is 0. The average Bonchev–Trinajstić information content (AvgIpc) is 2.24. The Balaban J connectivity index is 2.40. The number of aromatic nitrogens is 2. The standard InChI is InChI=1S/C12H17N3O4/c1-14(2)12(4-3-5-12)7-15-6-8(10(17)18)9(16)13-11(15)19/h6H,3-5,7H2,1-2H3,(H,17,18)(H,13,16,19). The van der Waals surface area contributed by atoms with E-state index in [-0.39, 0.29) is 5.54 Å². The molecule has 2 N–H and O–H groups in total. The van der Waals surface area contributed by atoms with Gasteiger partial charge in [-0.25, -0.2) is 9.59 Å². The first kappa shape index (κ1) is 13.5. The van der Waals surface area contributed by atoms with E-state index in [2.05, 4.69) is 9.88 Å². The summed E-state index contributed by atoms with van der Waals surface area (Å²) in [5.41, 5.74) is -1.96. The largest absolute Gasteiger partial charge is 0.477 e. The highest BCUT2D eigenvalue weighted by Crippen LogP contribution is 2.37. The number of likely N-dealkylation sites (N-methyl/N-ethyl adjacent to an activating group) is 1. The first-order chi connectivity index (χ1) is 8.85. The lowest BCUT2D eigenvalue weighted by Gasteiger charge is -2.47. The van der Waals surface area contributed by atoms with Crippen molar-refractivity contribution < 1.29 is 9.90 Å². The summed E-state index contributed by atoms with van der Waals surface area (Å²) in [6.45, 7) is 0.385. The zero-order chi connectivity index (χ0) is 14.2. The van der Waals surface area contributed by atoms with Crippen LogP contribution in [0.3, 0.4) is 0 Å². The number of H-pyrrole nitrogens is 1. The minimum Gasteiger partial charge on any atom is -0.477 e. The number of carboxylic acid groups (broad SMARTS) is 1. The van der Waals surface area contributed by atoms with Gasteiger partial charge in [0.15, 0.2) is 0 Å². The van der Waals surface area contributed by atoms with Gasteiger partial charge in [0, 0.05) is 18.3 Å². The van der Waals surface area contributed by atoms with Gasteiger partial charge in [0.25, 0.3) is 5.56 Å². The van der Waals surface area contributed by atoms with Gasteiger partial charge >= 0.3 is 11.7 Å². The van der Waals surface area contributed by atoms with Gasteiger partial charge in [-0.2, -0.15) is 0 Å². The third-order valence-electron chi connectivity index (χ3n) is 3.94. The molecule has 0 amide bonds. The highest BCUT2D eigenvalue weighted by Gasteiger charge is 2.39. The lowest BCUT2D eigenvalue weighted by Crippen LogP contribution is -2.54. The molecule has 0 spiro atoms. The molecule has 0 aliphatic heterocycles. The van der Waals surface area contributed by atoms with Crippen LogP contribution in [0.5, 0.6) is 0 Å². The van der Waals surface area contributed by atoms with Gasteiger partial charge in [0.05, 0.1) is 0 Å². The fourth-order valence-corrected chi connectivity index (χ4v) is 2.43. The Morgan fingerprint density at radius 1 is 1.47 bits per heavy atom. The van der Waals surface area contributed by atoms with E-state index >= 15 is 0 Å².